The van der Waals surface area contributed by atoms with Gasteiger partial charge in [-0.1, -0.05) is 30.3 Å². The lowest BCUT2D eigenvalue weighted by atomic mass is 9.88. The van der Waals surface area contributed by atoms with Crippen LogP contribution in [0.3, 0.4) is 0 Å². The Kier molecular flexibility index (Phi) is 7.56. The highest BCUT2D eigenvalue weighted by Crippen LogP contribution is 2.33. The third-order valence-corrected chi connectivity index (χ3v) is 5.64. The topological polar surface area (TPSA) is 114 Å². The zero-order valence-corrected chi connectivity index (χ0v) is 19.3. The van der Waals surface area contributed by atoms with Crippen molar-refractivity contribution in [2.45, 2.75) is 25.2 Å². The molecule has 37 heavy (non-hydrogen) atoms. The summed E-state index contributed by atoms with van der Waals surface area (Å²) in [5.41, 5.74) is 3.80. The SMILES string of the molecule is O=C(O)C(F)(F)F.O=C(c1cnccn1)N1Cc2ccccc2C(c2nccn2Cc2cccnc2)C1. The largest absolute Gasteiger partial charge is 0.490 e. The second kappa shape index (κ2) is 11.0. The molecule has 12 heteroatoms. The zero-order valence-electron chi connectivity index (χ0n) is 19.3. The zero-order chi connectivity index (χ0) is 26.4. The Bertz CT molecular complexity index is 1360. The van der Waals surface area contributed by atoms with E-state index < -0.39 is 12.1 Å². The van der Waals surface area contributed by atoms with Crippen LogP contribution < -0.4 is 0 Å². The lowest BCUT2D eigenvalue weighted by Crippen LogP contribution is -2.39. The van der Waals surface area contributed by atoms with Crippen molar-refractivity contribution >= 4 is 11.9 Å². The molecule has 0 fully saturated rings. The molecular weight excluding hydrogens is 489 g/mol. The van der Waals surface area contributed by atoms with Crippen molar-refractivity contribution in [2.24, 2.45) is 0 Å². The Morgan fingerprint density at radius 3 is 2.41 bits per heavy atom. The molecule has 1 amide bonds. The monoisotopic (exact) mass is 510 g/mol. The number of imidazole rings is 1. The van der Waals surface area contributed by atoms with Crippen molar-refractivity contribution in [3.05, 3.63) is 108 Å². The number of carboxylic acids is 1. The first-order chi connectivity index (χ1) is 17.7. The number of hydrogen-bond acceptors (Lipinski definition) is 6. The molecule has 9 nitrogen and oxygen atoms in total. The maximum absolute atomic E-state index is 13.1. The van der Waals surface area contributed by atoms with Gasteiger partial charge in [-0.05, 0) is 22.8 Å². The Morgan fingerprint density at radius 2 is 1.73 bits per heavy atom. The van der Waals surface area contributed by atoms with Crippen LogP contribution in [0.2, 0.25) is 0 Å². The van der Waals surface area contributed by atoms with Crippen LogP contribution in [0, 0.1) is 0 Å². The van der Waals surface area contributed by atoms with Gasteiger partial charge in [0, 0.05) is 50.3 Å². The summed E-state index contributed by atoms with van der Waals surface area (Å²) in [6.45, 7) is 1.77. The van der Waals surface area contributed by atoms with Gasteiger partial charge >= 0.3 is 12.1 Å². The third kappa shape index (κ3) is 6.15. The predicted octanol–water partition coefficient (Wildman–Crippen LogP) is 3.54. The van der Waals surface area contributed by atoms with E-state index in [4.69, 9.17) is 9.90 Å². The summed E-state index contributed by atoms with van der Waals surface area (Å²) in [6.07, 6.45) is 6.98. The Hall–Kier alpha value is -4.61. The molecule has 5 rings (SSSR count). The van der Waals surface area contributed by atoms with Crippen LogP contribution in [-0.4, -0.2) is 59.1 Å². The molecule has 4 heterocycles. The molecular formula is C25H21F3N6O3. The summed E-state index contributed by atoms with van der Waals surface area (Å²) >= 11 is 0. The van der Waals surface area contributed by atoms with E-state index in [9.17, 15) is 18.0 Å². The number of carbonyl (C=O) groups excluding carboxylic acids is 1. The number of aromatic nitrogens is 5. The van der Waals surface area contributed by atoms with Crippen molar-refractivity contribution in [3.63, 3.8) is 0 Å². The first kappa shape index (κ1) is 25.5. The molecule has 1 N–H and O–H groups in total. The smallest absolute Gasteiger partial charge is 0.475 e. The maximum Gasteiger partial charge on any atom is 0.490 e. The number of hydrogen-bond donors (Lipinski definition) is 1. The maximum atomic E-state index is 13.1. The lowest BCUT2D eigenvalue weighted by Gasteiger charge is -2.34. The fraction of sp³-hybridized carbons (Fsp3) is 0.200. The van der Waals surface area contributed by atoms with Gasteiger partial charge in [0.25, 0.3) is 5.91 Å². The van der Waals surface area contributed by atoms with Crippen molar-refractivity contribution < 1.29 is 27.9 Å². The Labute approximate surface area is 209 Å². The molecule has 0 bridgehead atoms. The van der Waals surface area contributed by atoms with Crippen molar-refractivity contribution in [1.29, 1.82) is 0 Å². The van der Waals surface area contributed by atoms with Gasteiger partial charge in [-0.2, -0.15) is 13.2 Å². The molecule has 0 spiro atoms. The number of pyridine rings is 1. The number of fused-ring (bicyclic) bond motifs is 1. The number of alkyl halides is 3. The van der Waals surface area contributed by atoms with Gasteiger partial charge < -0.3 is 14.6 Å². The van der Waals surface area contributed by atoms with Crippen LogP contribution in [0.25, 0.3) is 0 Å². The normalized spacial score (nSPS) is 14.8. The summed E-state index contributed by atoms with van der Waals surface area (Å²) in [4.78, 5) is 40.9. The van der Waals surface area contributed by atoms with Crippen LogP contribution >= 0.6 is 0 Å². The predicted molar refractivity (Wildman–Crippen MR) is 124 cm³/mol. The molecule has 0 aliphatic carbocycles. The van der Waals surface area contributed by atoms with Crippen LogP contribution in [-0.2, 0) is 17.9 Å². The van der Waals surface area contributed by atoms with E-state index in [-0.39, 0.29) is 11.8 Å². The number of carboxylic acid groups (broad SMARTS) is 1. The fourth-order valence-electron chi connectivity index (χ4n) is 4.01. The van der Waals surface area contributed by atoms with Gasteiger partial charge in [-0.15, -0.1) is 0 Å². The number of benzene rings is 1. The molecule has 1 aromatic carbocycles. The van der Waals surface area contributed by atoms with E-state index in [1.165, 1.54) is 11.8 Å². The molecule has 0 radical (unpaired) electrons. The molecule has 1 atom stereocenters. The van der Waals surface area contributed by atoms with Crippen LogP contribution in [0.15, 0.2) is 79.8 Å². The molecule has 190 valence electrons. The second-order valence-corrected chi connectivity index (χ2v) is 8.11. The van der Waals surface area contributed by atoms with Crippen LogP contribution in [0.5, 0.6) is 0 Å². The van der Waals surface area contributed by atoms with E-state index in [1.807, 2.05) is 41.7 Å². The molecule has 0 saturated heterocycles. The number of halogens is 3. The molecule has 4 aromatic rings. The minimum atomic E-state index is -5.08. The first-order valence-electron chi connectivity index (χ1n) is 11.1. The van der Waals surface area contributed by atoms with Gasteiger partial charge in [-0.3, -0.25) is 14.8 Å². The highest BCUT2D eigenvalue weighted by Gasteiger charge is 2.38. The summed E-state index contributed by atoms with van der Waals surface area (Å²) in [6, 6.07) is 12.2. The number of carbonyl (C=O) groups is 2. The summed E-state index contributed by atoms with van der Waals surface area (Å²) < 4.78 is 33.9. The molecule has 3 aromatic heterocycles. The van der Waals surface area contributed by atoms with Gasteiger partial charge in [0.2, 0.25) is 0 Å². The van der Waals surface area contributed by atoms with Crippen molar-refractivity contribution in [1.82, 2.24) is 29.4 Å². The van der Waals surface area contributed by atoms with Gasteiger partial charge in [0.15, 0.2) is 0 Å². The third-order valence-electron chi connectivity index (χ3n) is 5.64. The van der Waals surface area contributed by atoms with E-state index in [0.29, 0.717) is 25.3 Å². The fourth-order valence-corrected chi connectivity index (χ4v) is 4.01. The van der Waals surface area contributed by atoms with Crippen molar-refractivity contribution in [3.8, 4) is 0 Å². The lowest BCUT2D eigenvalue weighted by molar-refractivity contribution is -0.192. The minimum Gasteiger partial charge on any atom is -0.475 e. The number of nitrogens with zero attached hydrogens (tertiary/aromatic N) is 6. The summed E-state index contributed by atoms with van der Waals surface area (Å²) in [7, 11) is 0. The van der Waals surface area contributed by atoms with Gasteiger partial charge in [0.05, 0.1) is 18.7 Å². The molecule has 1 aliphatic rings. The number of rotatable bonds is 4. The van der Waals surface area contributed by atoms with Gasteiger partial charge in [0.1, 0.15) is 11.5 Å². The molecule has 0 saturated carbocycles. The Morgan fingerprint density at radius 1 is 0.973 bits per heavy atom. The highest BCUT2D eigenvalue weighted by atomic mass is 19.4. The van der Waals surface area contributed by atoms with E-state index in [1.54, 1.807) is 18.6 Å². The first-order valence-corrected chi connectivity index (χ1v) is 11.1. The molecule has 1 aliphatic heterocycles. The Balaban J connectivity index is 0.000000405. The van der Waals surface area contributed by atoms with Crippen LogP contribution in [0.4, 0.5) is 13.2 Å². The highest BCUT2D eigenvalue weighted by molar-refractivity contribution is 5.92. The van der Waals surface area contributed by atoms with Crippen LogP contribution in [0.1, 0.15) is 38.9 Å². The van der Waals surface area contributed by atoms with E-state index >= 15 is 0 Å². The number of amides is 1. The summed E-state index contributed by atoms with van der Waals surface area (Å²) in [5.74, 6) is -1.97. The average molecular weight is 510 g/mol. The molecule has 1 unspecified atom stereocenters. The van der Waals surface area contributed by atoms with Gasteiger partial charge in [-0.25, -0.2) is 14.8 Å². The summed E-state index contributed by atoms with van der Waals surface area (Å²) in [5, 5.41) is 7.12. The standard InChI is InChI=1S/C23H20N6O.C2HF3O2/c30-23(21-13-25-8-9-26-21)29-15-18-5-1-2-6-19(18)20(16-29)22-27-10-11-28(22)14-17-4-3-7-24-12-17;3-2(4,5)1(6)7/h1-13,20H,14-16H2;(H,6,7). The quantitative estimate of drug-likeness (QED) is 0.447. The van der Waals surface area contributed by atoms with E-state index in [0.717, 1.165) is 17.0 Å². The number of aliphatic carboxylic acids is 1. The van der Waals surface area contributed by atoms with E-state index in [2.05, 4.69) is 42.7 Å². The average Bonchev–Trinajstić information content (AvgIpc) is 3.36. The minimum absolute atomic E-state index is 0.0257. The second-order valence-electron chi connectivity index (χ2n) is 8.11. The van der Waals surface area contributed by atoms with Crippen molar-refractivity contribution in [2.75, 3.05) is 6.54 Å².